The fraction of sp³-hybridized carbons (Fsp3) is 0.933. The summed E-state index contributed by atoms with van der Waals surface area (Å²) in [5.41, 5.74) is -0.469. The molecular formula is C15H27NO2. The molecule has 1 N–H and O–H groups in total. The molecule has 2 unspecified atom stereocenters. The Hall–Kier alpha value is -0.570. The zero-order valence-electron chi connectivity index (χ0n) is 11.8. The highest BCUT2D eigenvalue weighted by Crippen LogP contribution is 2.38. The standard InChI is InChI=1S/C15H27NO2/c1-3-15(14(17)18)9-10-16(11-15)12(2)13-7-5-4-6-8-13/h12-13H,3-11H2,1-2H3,(H,17,18). The second kappa shape index (κ2) is 5.60. The summed E-state index contributed by atoms with van der Waals surface area (Å²) in [5, 5.41) is 9.45. The molecule has 0 bridgehead atoms. The quantitative estimate of drug-likeness (QED) is 0.836. The summed E-state index contributed by atoms with van der Waals surface area (Å²) < 4.78 is 0. The number of carboxylic acid groups (broad SMARTS) is 1. The minimum absolute atomic E-state index is 0.469. The first-order chi connectivity index (χ1) is 8.59. The number of likely N-dealkylation sites (tertiary alicyclic amines) is 1. The summed E-state index contributed by atoms with van der Waals surface area (Å²) in [6.07, 6.45) is 8.37. The Bertz CT molecular complexity index is 299. The van der Waals surface area contributed by atoms with Gasteiger partial charge in [0.25, 0.3) is 0 Å². The number of carbonyl (C=O) groups is 1. The molecule has 0 amide bonds. The Morgan fingerprint density at radius 1 is 1.39 bits per heavy atom. The molecule has 18 heavy (non-hydrogen) atoms. The van der Waals surface area contributed by atoms with E-state index in [4.69, 9.17) is 0 Å². The molecule has 0 aromatic rings. The molecule has 104 valence electrons. The SMILES string of the molecule is CCC1(C(=O)O)CCN(C(C)C2CCCCC2)C1. The Morgan fingerprint density at radius 2 is 2.06 bits per heavy atom. The van der Waals surface area contributed by atoms with Crippen molar-refractivity contribution in [2.75, 3.05) is 13.1 Å². The molecule has 1 heterocycles. The smallest absolute Gasteiger partial charge is 0.310 e. The molecule has 0 spiro atoms. The molecule has 1 aliphatic heterocycles. The summed E-state index contributed by atoms with van der Waals surface area (Å²) in [6, 6.07) is 0.568. The van der Waals surface area contributed by atoms with Crippen LogP contribution < -0.4 is 0 Å². The molecule has 0 radical (unpaired) electrons. The van der Waals surface area contributed by atoms with Crippen molar-refractivity contribution in [2.45, 2.75) is 64.8 Å². The number of rotatable bonds is 4. The highest BCUT2D eigenvalue weighted by atomic mass is 16.4. The van der Waals surface area contributed by atoms with E-state index in [1.54, 1.807) is 0 Å². The predicted octanol–water partition coefficient (Wildman–Crippen LogP) is 3.14. The van der Waals surface area contributed by atoms with Crippen LogP contribution in [0.3, 0.4) is 0 Å². The van der Waals surface area contributed by atoms with E-state index >= 15 is 0 Å². The fourth-order valence-electron chi connectivity index (χ4n) is 3.78. The van der Waals surface area contributed by atoms with Gasteiger partial charge in [0.2, 0.25) is 0 Å². The second-order valence-corrected chi connectivity index (χ2v) is 6.30. The summed E-state index contributed by atoms with van der Waals surface area (Å²) in [5.74, 6) is 0.198. The average molecular weight is 253 g/mol. The molecule has 0 aromatic carbocycles. The minimum Gasteiger partial charge on any atom is -0.481 e. The van der Waals surface area contributed by atoms with Crippen LogP contribution in [0, 0.1) is 11.3 Å². The van der Waals surface area contributed by atoms with Crippen LogP contribution in [0.15, 0.2) is 0 Å². The molecule has 1 saturated carbocycles. The highest BCUT2D eigenvalue weighted by Gasteiger charge is 2.45. The van der Waals surface area contributed by atoms with Gasteiger partial charge in [-0.1, -0.05) is 26.2 Å². The molecule has 2 rings (SSSR count). The van der Waals surface area contributed by atoms with Crippen LogP contribution in [0.1, 0.15) is 58.8 Å². The predicted molar refractivity (Wildman–Crippen MR) is 72.6 cm³/mol. The summed E-state index contributed by atoms with van der Waals surface area (Å²) >= 11 is 0. The van der Waals surface area contributed by atoms with Gasteiger partial charge in [-0.3, -0.25) is 9.69 Å². The first-order valence-electron chi connectivity index (χ1n) is 7.56. The van der Waals surface area contributed by atoms with Gasteiger partial charge in [0.05, 0.1) is 5.41 Å². The summed E-state index contributed by atoms with van der Waals surface area (Å²) in [6.45, 7) is 6.06. The third kappa shape index (κ3) is 2.56. The Morgan fingerprint density at radius 3 is 2.56 bits per heavy atom. The molecule has 3 nitrogen and oxygen atoms in total. The second-order valence-electron chi connectivity index (χ2n) is 6.30. The molecule has 2 fully saturated rings. The van der Waals surface area contributed by atoms with E-state index in [0.29, 0.717) is 6.04 Å². The van der Waals surface area contributed by atoms with Crippen molar-refractivity contribution in [1.29, 1.82) is 0 Å². The highest BCUT2D eigenvalue weighted by molar-refractivity contribution is 5.75. The van der Waals surface area contributed by atoms with Crippen molar-refractivity contribution < 1.29 is 9.90 Å². The van der Waals surface area contributed by atoms with Gasteiger partial charge in [-0.05, 0) is 45.1 Å². The Kier molecular flexibility index (Phi) is 4.31. The lowest BCUT2D eigenvalue weighted by Crippen LogP contribution is -2.41. The van der Waals surface area contributed by atoms with Crippen LogP contribution in [0.4, 0.5) is 0 Å². The monoisotopic (exact) mass is 253 g/mol. The van der Waals surface area contributed by atoms with E-state index in [0.717, 1.165) is 31.8 Å². The third-order valence-electron chi connectivity index (χ3n) is 5.42. The van der Waals surface area contributed by atoms with E-state index in [-0.39, 0.29) is 0 Å². The zero-order valence-corrected chi connectivity index (χ0v) is 11.8. The van der Waals surface area contributed by atoms with Gasteiger partial charge in [0, 0.05) is 12.6 Å². The normalized spacial score (nSPS) is 32.6. The van der Waals surface area contributed by atoms with Gasteiger partial charge in [-0.25, -0.2) is 0 Å². The van der Waals surface area contributed by atoms with E-state index in [1.165, 1.54) is 32.1 Å². The lowest BCUT2D eigenvalue weighted by Gasteiger charge is -2.35. The first-order valence-corrected chi connectivity index (χ1v) is 7.56. The van der Waals surface area contributed by atoms with E-state index in [1.807, 2.05) is 6.92 Å². The van der Waals surface area contributed by atoms with Crippen LogP contribution in [0.2, 0.25) is 0 Å². The summed E-state index contributed by atoms with van der Waals surface area (Å²) in [7, 11) is 0. The van der Waals surface area contributed by atoms with Crippen LogP contribution in [-0.2, 0) is 4.79 Å². The van der Waals surface area contributed by atoms with Crippen molar-refractivity contribution in [3.8, 4) is 0 Å². The van der Waals surface area contributed by atoms with Crippen LogP contribution in [0.5, 0.6) is 0 Å². The average Bonchev–Trinajstić information content (AvgIpc) is 2.84. The van der Waals surface area contributed by atoms with Gasteiger partial charge in [-0.15, -0.1) is 0 Å². The van der Waals surface area contributed by atoms with E-state index < -0.39 is 11.4 Å². The lowest BCUT2D eigenvalue weighted by atomic mass is 9.83. The van der Waals surface area contributed by atoms with Gasteiger partial charge >= 0.3 is 5.97 Å². The Labute approximate surface area is 111 Å². The molecule has 1 aliphatic carbocycles. The lowest BCUT2D eigenvalue weighted by molar-refractivity contribution is -0.148. The summed E-state index contributed by atoms with van der Waals surface area (Å²) in [4.78, 5) is 13.9. The van der Waals surface area contributed by atoms with E-state index in [9.17, 15) is 9.90 Å². The number of nitrogens with zero attached hydrogens (tertiary/aromatic N) is 1. The molecule has 0 aromatic heterocycles. The van der Waals surface area contributed by atoms with Gasteiger partial charge in [0.1, 0.15) is 0 Å². The van der Waals surface area contributed by atoms with Crippen molar-refractivity contribution in [2.24, 2.45) is 11.3 Å². The van der Waals surface area contributed by atoms with Gasteiger partial charge in [0.15, 0.2) is 0 Å². The van der Waals surface area contributed by atoms with Gasteiger partial charge < -0.3 is 5.11 Å². The molecular weight excluding hydrogens is 226 g/mol. The largest absolute Gasteiger partial charge is 0.481 e. The van der Waals surface area contributed by atoms with Crippen molar-refractivity contribution in [1.82, 2.24) is 4.90 Å². The number of hydrogen-bond acceptors (Lipinski definition) is 2. The van der Waals surface area contributed by atoms with E-state index in [2.05, 4.69) is 11.8 Å². The number of aliphatic carboxylic acids is 1. The third-order valence-corrected chi connectivity index (χ3v) is 5.42. The number of hydrogen-bond donors (Lipinski definition) is 1. The molecule has 2 atom stereocenters. The maximum atomic E-state index is 11.5. The number of carboxylic acids is 1. The Balaban J connectivity index is 1.96. The minimum atomic E-state index is -0.594. The zero-order chi connectivity index (χ0) is 13.2. The van der Waals surface area contributed by atoms with Gasteiger partial charge in [-0.2, -0.15) is 0 Å². The fourth-order valence-corrected chi connectivity index (χ4v) is 3.78. The topological polar surface area (TPSA) is 40.5 Å². The molecule has 1 saturated heterocycles. The first kappa shape index (κ1) is 13.9. The van der Waals surface area contributed by atoms with Crippen molar-refractivity contribution in [3.63, 3.8) is 0 Å². The van der Waals surface area contributed by atoms with Crippen molar-refractivity contribution in [3.05, 3.63) is 0 Å². The van der Waals surface area contributed by atoms with Crippen LogP contribution in [-0.4, -0.2) is 35.1 Å². The molecule has 3 heteroatoms. The van der Waals surface area contributed by atoms with Crippen LogP contribution >= 0.6 is 0 Å². The molecule has 2 aliphatic rings. The van der Waals surface area contributed by atoms with Crippen LogP contribution in [0.25, 0.3) is 0 Å². The van der Waals surface area contributed by atoms with Crippen molar-refractivity contribution >= 4 is 5.97 Å². The maximum absolute atomic E-state index is 11.5. The maximum Gasteiger partial charge on any atom is 0.310 e.